The van der Waals surface area contributed by atoms with E-state index in [4.69, 9.17) is 0 Å². The summed E-state index contributed by atoms with van der Waals surface area (Å²) >= 11 is 0. The highest BCUT2D eigenvalue weighted by Gasteiger charge is 2.21. The minimum Gasteiger partial charge on any atom is -0.316 e. The minimum atomic E-state index is 0.277. The van der Waals surface area contributed by atoms with Crippen molar-refractivity contribution in [1.29, 1.82) is 0 Å². The van der Waals surface area contributed by atoms with Gasteiger partial charge < -0.3 is 5.32 Å². The van der Waals surface area contributed by atoms with Gasteiger partial charge in [0.25, 0.3) is 0 Å². The van der Waals surface area contributed by atoms with E-state index in [-0.39, 0.29) is 5.92 Å². The second-order valence-electron chi connectivity index (χ2n) is 4.93. The topological polar surface area (TPSA) is 29.1 Å². The van der Waals surface area contributed by atoms with Crippen LogP contribution in [-0.4, -0.2) is 12.8 Å². The summed E-state index contributed by atoms with van der Waals surface area (Å²) in [6.45, 7) is 0.859. The molecule has 2 nitrogen and oxygen atoms in total. The van der Waals surface area contributed by atoms with Crippen molar-refractivity contribution in [2.75, 3.05) is 7.05 Å². The number of benzene rings is 1. The van der Waals surface area contributed by atoms with Gasteiger partial charge in [-0.25, -0.2) is 0 Å². The lowest BCUT2D eigenvalue weighted by molar-refractivity contribution is 0.0889. The maximum Gasteiger partial charge on any atom is 0.165 e. The molecular formula is C15H21NO. The van der Waals surface area contributed by atoms with Gasteiger partial charge in [0.05, 0.1) is 0 Å². The van der Waals surface area contributed by atoms with Crippen LogP contribution in [0.1, 0.15) is 48.0 Å². The van der Waals surface area contributed by atoms with E-state index in [1.165, 1.54) is 24.8 Å². The first-order chi connectivity index (χ1) is 8.31. The molecule has 2 heteroatoms. The molecule has 1 aromatic rings. The molecule has 0 aromatic heterocycles. The van der Waals surface area contributed by atoms with Crippen molar-refractivity contribution in [3.8, 4) is 0 Å². The molecule has 0 saturated heterocycles. The molecule has 0 unspecified atom stereocenters. The Labute approximate surface area is 103 Å². The first-order valence-electron chi connectivity index (χ1n) is 6.59. The molecule has 0 bridgehead atoms. The first kappa shape index (κ1) is 12.3. The fourth-order valence-electron chi connectivity index (χ4n) is 2.59. The molecule has 2 rings (SSSR count). The van der Waals surface area contributed by atoms with Crippen molar-refractivity contribution in [2.45, 2.75) is 38.6 Å². The maximum absolute atomic E-state index is 12.3. The highest BCUT2D eigenvalue weighted by atomic mass is 16.1. The van der Waals surface area contributed by atoms with E-state index in [2.05, 4.69) is 5.32 Å². The molecule has 0 amide bonds. The average Bonchev–Trinajstić information content (AvgIpc) is 2.40. The molecule has 92 valence electrons. The van der Waals surface area contributed by atoms with Crippen LogP contribution in [0.3, 0.4) is 0 Å². The summed E-state index contributed by atoms with van der Waals surface area (Å²) in [5.41, 5.74) is 2.12. The molecule has 0 aliphatic heterocycles. The summed E-state index contributed by atoms with van der Waals surface area (Å²) in [5.74, 6) is 0.625. The van der Waals surface area contributed by atoms with Crippen LogP contribution >= 0.6 is 0 Å². The zero-order chi connectivity index (χ0) is 12.1. The molecule has 0 spiro atoms. The second kappa shape index (κ2) is 5.97. The molecule has 1 aromatic carbocycles. The number of carbonyl (C=O) groups is 1. The van der Waals surface area contributed by atoms with E-state index in [9.17, 15) is 4.79 Å². The Hall–Kier alpha value is -1.15. The van der Waals surface area contributed by atoms with Crippen molar-refractivity contribution in [3.63, 3.8) is 0 Å². The van der Waals surface area contributed by atoms with Crippen LogP contribution in [-0.2, 0) is 6.54 Å². The van der Waals surface area contributed by atoms with E-state index in [0.717, 1.165) is 24.9 Å². The number of nitrogens with one attached hydrogen (secondary N) is 1. The molecule has 1 saturated carbocycles. The summed E-state index contributed by atoms with van der Waals surface area (Å²) < 4.78 is 0. The van der Waals surface area contributed by atoms with Gasteiger partial charge in [-0.2, -0.15) is 0 Å². The van der Waals surface area contributed by atoms with Crippen LogP contribution in [0.2, 0.25) is 0 Å². The molecule has 1 fully saturated rings. The van der Waals surface area contributed by atoms with Gasteiger partial charge >= 0.3 is 0 Å². The number of hydrogen-bond acceptors (Lipinski definition) is 2. The van der Waals surface area contributed by atoms with Crippen molar-refractivity contribution in [2.24, 2.45) is 5.92 Å². The number of rotatable bonds is 4. The van der Waals surface area contributed by atoms with Gasteiger partial charge in [0.2, 0.25) is 0 Å². The van der Waals surface area contributed by atoms with Gasteiger partial charge in [0, 0.05) is 18.0 Å². The lowest BCUT2D eigenvalue weighted by Crippen LogP contribution is -2.17. The molecule has 0 atom stereocenters. The smallest absolute Gasteiger partial charge is 0.165 e. The zero-order valence-corrected chi connectivity index (χ0v) is 10.5. The van der Waals surface area contributed by atoms with Crippen molar-refractivity contribution >= 4 is 5.78 Å². The number of hydrogen-bond donors (Lipinski definition) is 1. The minimum absolute atomic E-state index is 0.277. The third-order valence-corrected chi connectivity index (χ3v) is 3.60. The molecule has 1 N–H and O–H groups in total. The van der Waals surface area contributed by atoms with Crippen LogP contribution in [0, 0.1) is 5.92 Å². The summed E-state index contributed by atoms with van der Waals surface area (Å²) in [5, 5.41) is 3.11. The lowest BCUT2D eigenvalue weighted by atomic mass is 9.84. The summed E-state index contributed by atoms with van der Waals surface area (Å²) in [6.07, 6.45) is 5.89. The zero-order valence-electron chi connectivity index (χ0n) is 10.5. The lowest BCUT2D eigenvalue weighted by Gasteiger charge is -2.20. The van der Waals surface area contributed by atoms with E-state index in [0.29, 0.717) is 5.78 Å². The quantitative estimate of drug-likeness (QED) is 0.806. The normalized spacial score (nSPS) is 17.0. The largest absolute Gasteiger partial charge is 0.316 e. The molecule has 1 aliphatic carbocycles. The standard InChI is InChI=1S/C15H21NO/c1-16-11-12-7-9-14(10-8-12)15(17)13-5-3-2-4-6-13/h7-10,13,16H,2-6,11H2,1H3. The third kappa shape index (κ3) is 3.16. The van der Waals surface area contributed by atoms with Crippen LogP contribution < -0.4 is 5.32 Å². The monoisotopic (exact) mass is 231 g/mol. The van der Waals surface area contributed by atoms with E-state index >= 15 is 0 Å². The third-order valence-electron chi connectivity index (χ3n) is 3.60. The second-order valence-corrected chi connectivity index (χ2v) is 4.93. The van der Waals surface area contributed by atoms with Gasteiger partial charge in [-0.3, -0.25) is 4.79 Å². The Morgan fingerprint density at radius 3 is 2.41 bits per heavy atom. The molecular weight excluding hydrogens is 210 g/mol. The Balaban J connectivity index is 2.03. The average molecular weight is 231 g/mol. The SMILES string of the molecule is CNCc1ccc(C(=O)C2CCCCC2)cc1. The fourth-order valence-corrected chi connectivity index (χ4v) is 2.59. The van der Waals surface area contributed by atoms with Gasteiger partial charge in [0.1, 0.15) is 0 Å². The van der Waals surface area contributed by atoms with Gasteiger partial charge in [0.15, 0.2) is 5.78 Å². The Bertz CT molecular complexity index is 363. The number of Topliss-reactive ketones (excluding diaryl/α,β-unsaturated/α-hetero) is 1. The van der Waals surface area contributed by atoms with Crippen molar-refractivity contribution in [1.82, 2.24) is 5.32 Å². The van der Waals surface area contributed by atoms with E-state index in [1.807, 2.05) is 31.3 Å². The number of ketones is 1. The van der Waals surface area contributed by atoms with Crippen LogP contribution in [0.5, 0.6) is 0 Å². The van der Waals surface area contributed by atoms with Crippen LogP contribution in [0.4, 0.5) is 0 Å². The summed E-state index contributed by atoms with van der Waals surface area (Å²) in [4.78, 5) is 12.3. The maximum atomic E-state index is 12.3. The van der Waals surface area contributed by atoms with Crippen molar-refractivity contribution < 1.29 is 4.79 Å². The molecule has 17 heavy (non-hydrogen) atoms. The first-order valence-corrected chi connectivity index (χ1v) is 6.59. The Morgan fingerprint density at radius 1 is 1.18 bits per heavy atom. The Kier molecular flexibility index (Phi) is 4.32. The Morgan fingerprint density at radius 2 is 1.82 bits per heavy atom. The van der Waals surface area contributed by atoms with E-state index in [1.54, 1.807) is 0 Å². The van der Waals surface area contributed by atoms with E-state index < -0.39 is 0 Å². The van der Waals surface area contributed by atoms with Gasteiger partial charge in [-0.1, -0.05) is 43.5 Å². The molecule has 1 aliphatic rings. The fraction of sp³-hybridized carbons (Fsp3) is 0.533. The summed E-state index contributed by atoms with van der Waals surface area (Å²) in [7, 11) is 1.93. The van der Waals surface area contributed by atoms with Gasteiger partial charge in [-0.05, 0) is 25.5 Å². The van der Waals surface area contributed by atoms with Gasteiger partial charge in [-0.15, -0.1) is 0 Å². The summed E-state index contributed by atoms with van der Waals surface area (Å²) in [6, 6.07) is 8.05. The number of carbonyl (C=O) groups excluding carboxylic acids is 1. The highest BCUT2D eigenvalue weighted by Crippen LogP contribution is 2.26. The molecule has 0 radical (unpaired) electrons. The predicted molar refractivity (Wildman–Crippen MR) is 70.1 cm³/mol. The molecule has 0 heterocycles. The predicted octanol–water partition coefficient (Wildman–Crippen LogP) is 3.17. The van der Waals surface area contributed by atoms with Crippen LogP contribution in [0.25, 0.3) is 0 Å². The van der Waals surface area contributed by atoms with Crippen molar-refractivity contribution in [3.05, 3.63) is 35.4 Å². The highest BCUT2D eigenvalue weighted by molar-refractivity contribution is 5.97. The van der Waals surface area contributed by atoms with Crippen LogP contribution in [0.15, 0.2) is 24.3 Å².